The van der Waals surface area contributed by atoms with E-state index in [-0.39, 0.29) is 0 Å². The van der Waals surface area contributed by atoms with E-state index in [1.807, 2.05) is 13.8 Å². The van der Waals surface area contributed by atoms with Crippen LogP contribution >= 0.6 is 0 Å². The Morgan fingerprint density at radius 3 is 1.82 bits per heavy atom. The maximum absolute atomic E-state index is 11.9. The number of hydrogen-bond donors (Lipinski definition) is 0. The normalized spacial score (nSPS) is 42.0. The molecule has 3 fully saturated rings. The van der Waals surface area contributed by atoms with E-state index in [1.165, 1.54) is 0 Å². The Balaban J connectivity index is 2.08. The summed E-state index contributed by atoms with van der Waals surface area (Å²) in [6.45, 7) is 3.68. The average molecular weight is 242 g/mol. The first-order valence-electron chi connectivity index (χ1n) is 5.89. The third-order valence-electron chi connectivity index (χ3n) is 4.52. The highest BCUT2D eigenvalue weighted by Gasteiger charge is 2.87. The fraction of sp³-hybridized carbons (Fsp3) is 0.818. The van der Waals surface area contributed by atoms with Crippen molar-refractivity contribution in [2.24, 2.45) is 5.41 Å². The van der Waals surface area contributed by atoms with E-state index in [1.54, 1.807) is 0 Å². The van der Waals surface area contributed by atoms with Crippen molar-refractivity contribution < 1.29 is 29.1 Å². The summed E-state index contributed by atoms with van der Waals surface area (Å²) in [6, 6.07) is 0. The summed E-state index contributed by atoms with van der Waals surface area (Å²) >= 11 is 0. The smallest absolute Gasteiger partial charge is 0.343 e. The first-order valence-corrected chi connectivity index (χ1v) is 5.89. The molecule has 94 valence electrons. The molecule has 0 aromatic rings. The molecule has 6 heteroatoms. The van der Waals surface area contributed by atoms with Crippen LogP contribution in [0.5, 0.6) is 0 Å². The molecule has 2 heterocycles. The molecular formula is C11H14O6. The van der Waals surface area contributed by atoms with Crippen LogP contribution < -0.4 is 0 Å². The summed E-state index contributed by atoms with van der Waals surface area (Å²) in [5.41, 5.74) is -2.54. The SMILES string of the molecule is CCC12OC(CC)(C(=O)OOOC1=O)C21CC1. The molecule has 3 aliphatic rings. The van der Waals surface area contributed by atoms with Crippen molar-refractivity contribution in [3.63, 3.8) is 0 Å². The van der Waals surface area contributed by atoms with Crippen molar-refractivity contribution in [2.45, 2.75) is 50.7 Å². The second-order valence-electron chi connectivity index (χ2n) is 4.85. The number of carbonyl (C=O) groups excluding carboxylic acids is 2. The van der Waals surface area contributed by atoms with E-state index in [0.29, 0.717) is 12.8 Å². The van der Waals surface area contributed by atoms with Crippen LogP contribution in [0.2, 0.25) is 0 Å². The quantitative estimate of drug-likeness (QED) is 0.674. The first-order chi connectivity index (χ1) is 8.08. The minimum atomic E-state index is -1.04. The Morgan fingerprint density at radius 1 is 1.00 bits per heavy atom. The fourth-order valence-electron chi connectivity index (χ4n) is 3.50. The van der Waals surface area contributed by atoms with E-state index in [9.17, 15) is 9.59 Å². The van der Waals surface area contributed by atoms with Gasteiger partial charge in [0, 0.05) is 5.04 Å². The van der Waals surface area contributed by atoms with Gasteiger partial charge in [-0.2, -0.15) is 0 Å². The highest BCUT2D eigenvalue weighted by molar-refractivity contribution is 5.92. The molecule has 1 spiro atoms. The van der Waals surface area contributed by atoms with Crippen molar-refractivity contribution in [2.75, 3.05) is 0 Å². The molecule has 0 amide bonds. The Bertz CT molecular complexity index is 369. The lowest BCUT2D eigenvalue weighted by atomic mass is 9.62. The molecule has 0 aromatic heterocycles. The Morgan fingerprint density at radius 2 is 1.47 bits per heavy atom. The topological polar surface area (TPSA) is 71.1 Å². The number of ether oxygens (including phenoxy) is 1. The number of carbonyl (C=O) groups is 2. The minimum absolute atomic E-state index is 0.457. The van der Waals surface area contributed by atoms with Gasteiger partial charge >= 0.3 is 11.9 Å². The molecule has 2 aliphatic heterocycles. The van der Waals surface area contributed by atoms with Crippen LogP contribution in [0.1, 0.15) is 39.5 Å². The van der Waals surface area contributed by atoms with Crippen molar-refractivity contribution in [1.29, 1.82) is 0 Å². The van der Waals surface area contributed by atoms with Gasteiger partial charge in [-0.1, -0.05) is 13.8 Å². The van der Waals surface area contributed by atoms with Crippen LogP contribution in [0.4, 0.5) is 0 Å². The third-order valence-corrected chi connectivity index (χ3v) is 4.52. The van der Waals surface area contributed by atoms with Gasteiger partial charge in [0.2, 0.25) is 0 Å². The van der Waals surface area contributed by atoms with Crippen LogP contribution in [0, 0.1) is 5.41 Å². The first kappa shape index (κ1) is 11.0. The largest absolute Gasteiger partial charge is 0.378 e. The third kappa shape index (κ3) is 0.914. The molecule has 0 N–H and O–H groups in total. The summed E-state index contributed by atoms with van der Waals surface area (Å²) < 4.78 is 5.73. The predicted octanol–water partition coefficient (Wildman–Crippen LogP) is 1.04. The zero-order valence-corrected chi connectivity index (χ0v) is 9.78. The molecule has 1 saturated carbocycles. The Hall–Kier alpha value is -1.14. The highest BCUT2D eigenvalue weighted by atomic mass is 17.5. The van der Waals surface area contributed by atoms with Crippen molar-refractivity contribution in [3.05, 3.63) is 0 Å². The second kappa shape index (κ2) is 3.00. The van der Waals surface area contributed by atoms with Gasteiger partial charge in [0.15, 0.2) is 11.2 Å². The molecule has 2 atom stereocenters. The fourth-order valence-corrected chi connectivity index (χ4v) is 3.50. The predicted molar refractivity (Wildman–Crippen MR) is 52.1 cm³/mol. The number of fused-ring (bicyclic) bond motifs is 4. The lowest BCUT2D eigenvalue weighted by Crippen LogP contribution is -2.77. The van der Waals surface area contributed by atoms with Gasteiger partial charge < -0.3 is 4.74 Å². The van der Waals surface area contributed by atoms with E-state index in [2.05, 4.69) is 14.8 Å². The molecule has 1 aliphatic carbocycles. The molecule has 2 bridgehead atoms. The van der Waals surface area contributed by atoms with Gasteiger partial charge in [0.1, 0.15) is 0 Å². The maximum atomic E-state index is 11.9. The van der Waals surface area contributed by atoms with Gasteiger partial charge in [0.25, 0.3) is 0 Å². The van der Waals surface area contributed by atoms with Gasteiger partial charge in [-0.15, -0.1) is 0 Å². The lowest BCUT2D eigenvalue weighted by molar-refractivity contribution is -0.494. The second-order valence-corrected chi connectivity index (χ2v) is 4.85. The van der Waals surface area contributed by atoms with Gasteiger partial charge in [0.05, 0.1) is 5.41 Å². The molecule has 17 heavy (non-hydrogen) atoms. The maximum Gasteiger partial charge on any atom is 0.378 e. The van der Waals surface area contributed by atoms with Crippen LogP contribution in [-0.4, -0.2) is 23.1 Å². The molecule has 0 aromatic carbocycles. The zero-order chi connectivity index (χ0) is 12.3. The lowest BCUT2D eigenvalue weighted by Gasteiger charge is -2.59. The Kier molecular flexibility index (Phi) is 1.94. The van der Waals surface area contributed by atoms with Gasteiger partial charge in [-0.25, -0.2) is 9.59 Å². The zero-order valence-electron chi connectivity index (χ0n) is 9.78. The highest BCUT2D eigenvalue weighted by Crippen LogP contribution is 2.74. The summed E-state index contributed by atoms with van der Waals surface area (Å²) in [4.78, 5) is 32.7. The van der Waals surface area contributed by atoms with Gasteiger partial charge in [-0.05, 0) is 25.7 Å². The van der Waals surface area contributed by atoms with E-state index < -0.39 is 28.6 Å². The molecule has 3 rings (SSSR count). The minimum Gasteiger partial charge on any atom is -0.343 e. The number of rotatable bonds is 2. The Labute approximate surface area is 98.0 Å². The summed E-state index contributed by atoms with van der Waals surface area (Å²) in [5.74, 6) is -1.21. The summed E-state index contributed by atoms with van der Waals surface area (Å²) in [5, 5.41) is 4.20. The molecule has 2 saturated heterocycles. The van der Waals surface area contributed by atoms with Crippen molar-refractivity contribution >= 4 is 11.9 Å². The van der Waals surface area contributed by atoms with Crippen LogP contribution in [0.15, 0.2) is 0 Å². The monoisotopic (exact) mass is 242 g/mol. The van der Waals surface area contributed by atoms with Crippen molar-refractivity contribution in [1.82, 2.24) is 0 Å². The van der Waals surface area contributed by atoms with E-state index >= 15 is 0 Å². The standard InChI is InChI=1S/C11H14O6/c1-3-10-7(12)14-17-15-8(13)11(4-2,16-10)9(10)5-6-9/h3-6H2,1-2H3. The summed E-state index contributed by atoms with van der Waals surface area (Å²) in [7, 11) is 0. The molecular weight excluding hydrogens is 228 g/mol. The van der Waals surface area contributed by atoms with E-state index in [4.69, 9.17) is 4.74 Å². The number of hydrogen-bond acceptors (Lipinski definition) is 6. The summed E-state index contributed by atoms with van der Waals surface area (Å²) in [6.07, 6.45) is 2.48. The van der Waals surface area contributed by atoms with Crippen molar-refractivity contribution in [3.8, 4) is 0 Å². The van der Waals surface area contributed by atoms with Crippen LogP contribution in [0.3, 0.4) is 0 Å². The molecule has 6 nitrogen and oxygen atoms in total. The molecule has 0 radical (unpaired) electrons. The van der Waals surface area contributed by atoms with Crippen LogP contribution in [0.25, 0.3) is 0 Å². The average Bonchev–Trinajstić information content (AvgIpc) is 3.10. The molecule has 2 unspecified atom stereocenters. The van der Waals surface area contributed by atoms with Gasteiger partial charge in [-0.3, -0.25) is 9.78 Å². The van der Waals surface area contributed by atoms with Crippen LogP contribution in [-0.2, 0) is 29.1 Å². The van der Waals surface area contributed by atoms with E-state index in [0.717, 1.165) is 12.8 Å².